The van der Waals surface area contributed by atoms with Crippen molar-refractivity contribution in [1.82, 2.24) is 9.78 Å². The zero-order chi connectivity index (χ0) is 15.8. The fourth-order valence-corrected chi connectivity index (χ4v) is 2.97. The fourth-order valence-electron chi connectivity index (χ4n) is 2.97. The van der Waals surface area contributed by atoms with Crippen LogP contribution in [0.3, 0.4) is 0 Å². The Labute approximate surface area is 134 Å². The molecule has 0 fully saturated rings. The Morgan fingerprint density at radius 1 is 0.826 bits per heavy atom. The Morgan fingerprint density at radius 2 is 1.48 bits per heavy atom. The van der Waals surface area contributed by atoms with Crippen LogP contribution in [0.5, 0.6) is 5.75 Å². The number of fused-ring (bicyclic) bond motifs is 1. The van der Waals surface area contributed by atoms with Gasteiger partial charge in [-0.2, -0.15) is 5.10 Å². The smallest absolute Gasteiger partial charge is 0.127 e. The molecule has 4 rings (SSSR count). The normalized spacial score (nSPS) is 11.0. The van der Waals surface area contributed by atoms with Crippen LogP contribution >= 0.6 is 0 Å². The van der Waals surface area contributed by atoms with E-state index in [1.807, 2.05) is 78.3 Å². The lowest BCUT2D eigenvalue weighted by molar-refractivity contribution is 0.481. The second-order valence-corrected chi connectivity index (χ2v) is 5.59. The van der Waals surface area contributed by atoms with Crippen molar-refractivity contribution in [2.45, 2.75) is 6.92 Å². The van der Waals surface area contributed by atoms with Crippen LogP contribution in [0.1, 0.15) is 5.69 Å². The van der Waals surface area contributed by atoms with Crippen molar-refractivity contribution in [2.24, 2.45) is 0 Å². The van der Waals surface area contributed by atoms with Gasteiger partial charge in [-0.1, -0.05) is 48.5 Å². The molecule has 0 radical (unpaired) electrons. The molecule has 0 amide bonds. The zero-order valence-corrected chi connectivity index (χ0v) is 12.8. The van der Waals surface area contributed by atoms with Gasteiger partial charge in [0.05, 0.1) is 22.3 Å². The van der Waals surface area contributed by atoms with Gasteiger partial charge in [-0.3, -0.25) is 0 Å². The molecular formula is C20H16N2O. The maximum atomic E-state index is 10.5. The van der Waals surface area contributed by atoms with Crippen molar-refractivity contribution < 1.29 is 5.11 Å². The number of hydrogen-bond acceptors (Lipinski definition) is 2. The van der Waals surface area contributed by atoms with Crippen LogP contribution in [0.25, 0.3) is 27.7 Å². The highest BCUT2D eigenvalue weighted by atomic mass is 16.3. The lowest BCUT2D eigenvalue weighted by atomic mass is 10.0. The predicted octanol–water partition coefficient (Wildman–Crippen LogP) is 4.71. The molecule has 112 valence electrons. The van der Waals surface area contributed by atoms with E-state index in [4.69, 9.17) is 0 Å². The summed E-state index contributed by atoms with van der Waals surface area (Å²) in [5.41, 5.74) is 4.76. The summed E-state index contributed by atoms with van der Waals surface area (Å²) in [7, 11) is 0. The Morgan fingerprint density at radius 3 is 2.17 bits per heavy atom. The third kappa shape index (κ3) is 2.27. The molecule has 0 unspecified atom stereocenters. The molecule has 0 aliphatic carbocycles. The first-order valence-corrected chi connectivity index (χ1v) is 7.57. The second-order valence-electron chi connectivity index (χ2n) is 5.59. The number of aromatic nitrogens is 2. The topological polar surface area (TPSA) is 38.0 Å². The van der Waals surface area contributed by atoms with Gasteiger partial charge in [-0.05, 0) is 42.3 Å². The molecule has 0 bridgehead atoms. The van der Waals surface area contributed by atoms with Crippen LogP contribution in [0.15, 0.2) is 72.8 Å². The summed E-state index contributed by atoms with van der Waals surface area (Å²) in [6.07, 6.45) is 0. The SMILES string of the molecule is Cc1nn(-c2ccccc2)c2cc(-c3ccccc3)cc(O)c12. The molecule has 23 heavy (non-hydrogen) atoms. The number of aryl methyl sites for hydroxylation is 1. The van der Waals surface area contributed by atoms with Gasteiger partial charge in [0.25, 0.3) is 0 Å². The minimum Gasteiger partial charge on any atom is -0.507 e. The van der Waals surface area contributed by atoms with E-state index in [1.165, 1.54) is 0 Å². The number of para-hydroxylation sites is 1. The first-order valence-electron chi connectivity index (χ1n) is 7.57. The highest BCUT2D eigenvalue weighted by molar-refractivity contribution is 5.93. The van der Waals surface area contributed by atoms with Gasteiger partial charge in [0.1, 0.15) is 5.75 Å². The van der Waals surface area contributed by atoms with E-state index in [1.54, 1.807) is 0 Å². The molecule has 4 aromatic rings. The summed E-state index contributed by atoms with van der Waals surface area (Å²) >= 11 is 0. The molecule has 3 heteroatoms. The number of phenolic OH excluding ortho intramolecular Hbond substituents is 1. The lowest BCUT2D eigenvalue weighted by Gasteiger charge is -2.07. The maximum Gasteiger partial charge on any atom is 0.127 e. The molecular weight excluding hydrogens is 284 g/mol. The van der Waals surface area contributed by atoms with E-state index >= 15 is 0 Å². The lowest BCUT2D eigenvalue weighted by Crippen LogP contribution is -1.95. The van der Waals surface area contributed by atoms with Crippen LogP contribution in [-0.2, 0) is 0 Å². The summed E-state index contributed by atoms with van der Waals surface area (Å²) in [4.78, 5) is 0. The van der Waals surface area contributed by atoms with Gasteiger partial charge >= 0.3 is 0 Å². The molecule has 0 saturated heterocycles. The first-order chi connectivity index (χ1) is 11.2. The Hall–Kier alpha value is -3.07. The van der Waals surface area contributed by atoms with Crippen LogP contribution in [0, 0.1) is 6.92 Å². The zero-order valence-electron chi connectivity index (χ0n) is 12.8. The highest BCUT2D eigenvalue weighted by Crippen LogP contribution is 2.34. The summed E-state index contributed by atoms with van der Waals surface area (Å²) in [6.45, 7) is 1.92. The van der Waals surface area contributed by atoms with E-state index in [9.17, 15) is 5.11 Å². The van der Waals surface area contributed by atoms with Gasteiger partial charge in [-0.15, -0.1) is 0 Å². The number of phenols is 1. The molecule has 3 nitrogen and oxygen atoms in total. The number of nitrogens with zero attached hydrogens (tertiary/aromatic N) is 2. The van der Waals surface area contributed by atoms with E-state index in [0.717, 1.165) is 33.4 Å². The maximum absolute atomic E-state index is 10.5. The second kappa shape index (κ2) is 5.29. The number of hydrogen-bond donors (Lipinski definition) is 1. The number of rotatable bonds is 2. The largest absolute Gasteiger partial charge is 0.507 e. The van der Waals surface area contributed by atoms with Gasteiger partial charge in [0.15, 0.2) is 0 Å². The quantitative estimate of drug-likeness (QED) is 0.582. The van der Waals surface area contributed by atoms with Crippen molar-refractivity contribution in [3.63, 3.8) is 0 Å². The monoisotopic (exact) mass is 300 g/mol. The molecule has 0 atom stereocenters. The average Bonchev–Trinajstić information content (AvgIpc) is 2.94. The molecule has 0 spiro atoms. The summed E-state index contributed by atoms with van der Waals surface area (Å²) in [5.74, 6) is 0.265. The van der Waals surface area contributed by atoms with Gasteiger partial charge < -0.3 is 5.11 Å². The number of aromatic hydroxyl groups is 1. The van der Waals surface area contributed by atoms with Crippen molar-refractivity contribution >= 4 is 10.9 Å². The van der Waals surface area contributed by atoms with E-state index in [-0.39, 0.29) is 5.75 Å². The molecule has 3 aromatic carbocycles. The molecule has 0 aliphatic heterocycles. The summed E-state index contributed by atoms with van der Waals surface area (Å²) < 4.78 is 1.89. The van der Waals surface area contributed by atoms with Gasteiger partial charge in [0, 0.05) is 0 Å². The van der Waals surface area contributed by atoms with Crippen molar-refractivity contribution in [1.29, 1.82) is 0 Å². The standard InChI is InChI=1S/C20H16N2O/c1-14-20-18(22(21-14)17-10-6-3-7-11-17)12-16(13-19(20)23)15-8-4-2-5-9-15/h2-13,23H,1H3. The molecule has 1 aromatic heterocycles. The van der Waals surface area contributed by atoms with E-state index < -0.39 is 0 Å². The Bertz CT molecular complexity index is 973. The third-order valence-corrected chi connectivity index (χ3v) is 4.04. The average molecular weight is 300 g/mol. The molecule has 1 N–H and O–H groups in total. The van der Waals surface area contributed by atoms with Gasteiger partial charge in [0.2, 0.25) is 0 Å². The number of benzene rings is 3. The van der Waals surface area contributed by atoms with Crippen LogP contribution in [0.2, 0.25) is 0 Å². The predicted molar refractivity (Wildman–Crippen MR) is 92.9 cm³/mol. The molecule has 1 heterocycles. The summed E-state index contributed by atoms with van der Waals surface area (Å²) in [5, 5.41) is 15.9. The highest BCUT2D eigenvalue weighted by Gasteiger charge is 2.14. The first kappa shape index (κ1) is 13.6. The minimum atomic E-state index is 0.265. The molecule has 0 aliphatic rings. The van der Waals surface area contributed by atoms with E-state index in [2.05, 4.69) is 11.2 Å². The van der Waals surface area contributed by atoms with Crippen LogP contribution < -0.4 is 0 Å². The van der Waals surface area contributed by atoms with Crippen LogP contribution in [0.4, 0.5) is 0 Å². The Kier molecular flexibility index (Phi) is 3.12. The van der Waals surface area contributed by atoms with Crippen molar-refractivity contribution in [3.05, 3.63) is 78.5 Å². The van der Waals surface area contributed by atoms with E-state index in [0.29, 0.717) is 0 Å². The van der Waals surface area contributed by atoms with Gasteiger partial charge in [-0.25, -0.2) is 4.68 Å². The van der Waals surface area contributed by atoms with Crippen LogP contribution in [-0.4, -0.2) is 14.9 Å². The Balaban J connectivity index is 2.01. The molecule has 0 saturated carbocycles. The summed E-state index contributed by atoms with van der Waals surface area (Å²) in [6, 6.07) is 23.9. The van der Waals surface area contributed by atoms with Crippen molar-refractivity contribution in [3.8, 4) is 22.6 Å². The van der Waals surface area contributed by atoms with Crippen molar-refractivity contribution in [2.75, 3.05) is 0 Å². The fraction of sp³-hybridized carbons (Fsp3) is 0.0500. The minimum absolute atomic E-state index is 0.265. The third-order valence-electron chi connectivity index (χ3n) is 4.04.